The van der Waals surface area contributed by atoms with Gasteiger partial charge in [-0.15, -0.1) is 24.0 Å². The van der Waals surface area contributed by atoms with Gasteiger partial charge in [0.05, 0.1) is 33.0 Å². The van der Waals surface area contributed by atoms with Crippen LogP contribution < -0.4 is 5.32 Å². The van der Waals surface area contributed by atoms with E-state index in [9.17, 15) is 0 Å². The standard InChI is InChI=1S/C20H39N5O2.HI/c1-4-21-20(22-13-17(2)25-9-12-27-16-18(25)3)24-6-5-19(15-24)14-23-7-10-26-11-8-23;/h17-19H,4-16H2,1-3H3,(H,21,22);1H. The number of nitrogens with one attached hydrogen (secondary N) is 1. The molecule has 0 aliphatic carbocycles. The first-order chi connectivity index (χ1) is 13.2. The van der Waals surface area contributed by atoms with Crippen LogP contribution in [-0.2, 0) is 9.47 Å². The van der Waals surface area contributed by atoms with Crippen LogP contribution in [-0.4, -0.2) is 112 Å². The first-order valence-electron chi connectivity index (χ1n) is 10.8. The second-order valence-corrected chi connectivity index (χ2v) is 8.22. The third-order valence-corrected chi connectivity index (χ3v) is 6.03. The van der Waals surface area contributed by atoms with Crippen molar-refractivity contribution in [2.45, 2.75) is 39.3 Å². The van der Waals surface area contributed by atoms with Crippen molar-refractivity contribution in [1.29, 1.82) is 0 Å². The van der Waals surface area contributed by atoms with Crippen molar-refractivity contribution in [3.05, 3.63) is 0 Å². The SMILES string of the molecule is CCNC(=NCC(C)N1CCOCC1C)N1CCC(CN2CCOCC2)C1.I. The fourth-order valence-electron chi connectivity index (χ4n) is 4.47. The first kappa shape index (κ1) is 24.1. The minimum Gasteiger partial charge on any atom is -0.379 e. The molecule has 3 fully saturated rings. The lowest BCUT2D eigenvalue weighted by molar-refractivity contribution is -0.0166. The number of guanidine groups is 1. The van der Waals surface area contributed by atoms with Gasteiger partial charge in [0.15, 0.2) is 5.96 Å². The quantitative estimate of drug-likeness (QED) is 0.332. The van der Waals surface area contributed by atoms with Crippen molar-refractivity contribution in [3.8, 4) is 0 Å². The molecule has 0 saturated carbocycles. The summed E-state index contributed by atoms with van der Waals surface area (Å²) in [5.74, 6) is 1.83. The van der Waals surface area contributed by atoms with E-state index in [2.05, 4.69) is 40.8 Å². The zero-order chi connectivity index (χ0) is 19.1. The summed E-state index contributed by atoms with van der Waals surface area (Å²) in [5, 5.41) is 3.52. The first-order valence-corrected chi connectivity index (χ1v) is 10.8. The van der Waals surface area contributed by atoms with Gasteiger partial charge in [-0.2, -0.15) is 0 Å². The minimum atomic E-state index is 0. The van der Waals surface area contributed by atoms with Crippen LogP contribution in [0.4, 0.5) is 0 Å². The van der Waals surface area contributed by atoms with Crippen LogP contribution >= 0.6 is 24.0 Å². The number of halogens is 1. The summed E-state index contributed by atoms with van der Waals surface area (Å²) in [4.78, 5) is 12.6. The number of hydrogen-bond donors (Lipinski definition) is 1. The lowest BCUT2D eigenvalue weighted by Crippen LogP contribution is -2.49. The lowest BCUT2D eigenvalue weighted by Gasteiger charge is -2.37. The maximum Gasteiger partial charge on any atom is 0.193 e. The van der Waals surface area contributed by atoms with Crippen LogP contribution in [0.3, 0.4) is 0 Å². The second kappa shape index (κ2) is 12.5. The number of morpholine rings is 2. The monoisotopic (exact) mass is 509 g/mol. The molecule has 3 rings (SSSR count). The molecule has 164 valence electrons. The third kappa shape index (κ3) is 6.97. The fraction of sp³-hybridized carbons (Fsp3) is 0.950. The summed E-state index contributed by atoms with van der Waals surface area (Å²) in [6.07, 6.45) is 1.26. The highest BCUT2D eigenvalue weighted by Crippen LogP contribution is 2.18. The van der Waals surface area contributed by atoms with Gasteiger partial charge in [0.1, 0.15) is 0 Å². The topological polar surface area (TPSA) is 52.6 Å². The van der Waals surface area contributed by atoms with E-state index >= 15 is 0 Å². The Morgan fingerprint density at radius 3 is 2.61 bits per heavy atom. The molecule has 3 aliphatic rings. The van der Waals surface area contributed by atoms with Crippen LogP contribution in [0.5, 0.6) is 0 Å². The second-order valence-electron chi connectivity index (χ2n) is 8.22. The molecule has 3 saturated heterocycles. The van der Waals surface area contributed by atoms with Gasteiger partial charge < -0.3 is 19.7 Å². The van der Waals surface area contributed by atoms with Crippen LogP contribution in [0.25, 0.3) is 0 Å². The highest BCUT2D eigenvalue weighted by Gasteiger charge is 2.28. The average Bonchev–Trinajstić information content (AvgIpc) is 3.14. The van der Waals surface area contributed by atoms with E-state index in [-0.39, 0.29) is 24.0 Å². The van der Waals surface area contributed by atoms with Crippen molar-refractivity contribution in [2.24, 2.45) is 10.9 Å². The Balaban J connectivity index is 0.00000280. The summed E-state index contributed by atoms with van der Waals surface area (Å²) in [7, 11) is 0. The van der Waals surface area contributed by atoms with Crippen LogP contribution in [0.15, 0.2) is 4.99 Å². The lowest BCUT2D eigenvalue weighted by atomic mass is 10.1. The largest absolute Gasteiger partial charge is 0.379 e. The van der Waals surface area contributed by atoms with Gasteiger partial charge in [0.25, 0.3) is 0 Å². The Labute approximate surface area is 188 Å². The van der Waals surface area contributed by atoms with Gasteiger partial charge in [-0.3, -0.25) is 14.8 Å². The summed E-state index contributed by atoms with van der Waals surface area (Å²) in [6, 6.07) is 0.931. The molecule has 1 N–H and O–H groups in total. The molecule has 28 heavy (non-hydrogen) atoms. The number of ether oxygens (including phenoxy) is 2. The number of aliphatic imine (C=N–C) groups is 1. The van der Waals surface area contributed by atoms with Crippen molar-refractivity contribution in [3.63, 3.8) is 0 Å². The third-order valence-electron chi connectivity index (χ3n) is 6.03. The van der Waals surface area contributed by atoms with Crippen LogP contribution in [0, 0.1) is 5.92 Å². The summed E-state index contributed by atoms with van der Waals surface area (Å²) < 4.78 is 11.0. The minimum absolute atomic E-state index is 0. The van der Waals surface area contributed by atoms with Gasteiger partial charge in [-0.05, 0) is 33.1 Å². The molecule has 3 unspecified atom stereocenters. The molecule has 7 nitrogen and oxygen atoms in total. The Morgan fingerprint density at radius 2 is 1.89 bits per heavy atom. The fourth-order valence-corrected chi connectivity index (χ4v) is 4.47. The molecule has 0 bridgehead atoms. The van der Waals surface area contributed by atoms with Crippen molar-refractivity contribution in [2.75, 3.05) is 78.8 Å². The summed E-state index contributed by atoms with van der Waals surface area (Å²) in [6.45, 7) is 18.5. The molecule has 3 atom stereocenters. The van der Waals surface area contributed by atoms with Crippen LogP contribution in [0.1, 0.15) is 27.2 Å². The van der Waals surface area contributed by atoms with E-state index < -0.39 is 0 Å². The highest BCUT2D eigenvalue weighted by atomic mass is 127. The van der Waals surface area contributed by atoms with Crippen molar-refractivity contribution < 1.29 is 9.47 Å². The normalized spacial score (nSPS) is 28.8. The van der Waals surface area contributed by atoms with Gasteiger partial charge in [0.2, 0.25) is 0 Å². The van der Waals surface area contributed by atoms with E-state index in [0.717, 1.165) is 84.1 Å². The number of hydrogen-bond acceptors (Lipinski definition) is 5. The van der Waals surface area contributed by atoms with E-state index in [1.807, 2.05) is 0 Å². The molecule has 0 aromatic heterocycles. The Morgan fingerprint density at radius 1 is 1.14 bits per heavy atom. The number of likely N-dealkylation sites (tertiary alicyclic amines) is 1. The summed E-state index contributed by atoms with van der Waals surface area (Å²) in [5.41, 5.74) is 0. The number of rotatable bonds is 6. The molecular formula is C20H40IN5O2. The smallest absolute Gasteiger partial charge is 0.193 e. The van der Waals surface area contributed by atoms with E-state index in [4.69, 9.17) is 14.5 Å². The van der Waals surface area contributed by atoms with Crippen molar-refractivity contribution in [1.82, 2.24) is 20.0 Å². The Hall–Kier alpha value is -0.160. The predicted octanol–water partition coefficient (Wildman–Crippen LogP) is 1.33. The average molecular weight is 509 g/mol. The molecule has 8 heteroatoms. The van der Waals surface area contributed by atoms with Gasteiger partial charge in [-0.25, -0.2) is 0 Å². The van der Waals surface area contributed by atoms with E-state index in [1.165, 1.54) is 13.0 Å². The van der Waals surface area contributed by atoms with Gasteiger partial charge >= 0.3 is 0 Å². The maximum atomic E-state index is 5.57. The molecule has 0 aromatic carbocycles. The van der Waals surface area contributed by atoms with Crippen molar-refractivity contribution >= 4 is 29.9 Å². The van der Waals surface area contributed by atoms with E-state index in [1.54, 1.807) is 0 Å². The van der Waals surface area contributed by atoms with Gasteiger partial charge in [-0.1, -0.05) is 0 Å². The molecule has 0 aromatic rings. The Bertz CT molecular complexity index is 476. The zero-order valence-corrected chi connectivity index (χ0v) is 20.3. The molecule has 3 aliphatic heterocycles. The molecule has 0 amide bonds. The van der Waals surface area contributed by atoms with Gasteiger partial charge in [0, 0.05) is 57.9 Å². The maximum absolute atomic E-state index is 5.57. The van der Waals surface area contributed by atoms with Crippen LogP contribution in [0.2, 0.25) is 0 Å². The molecule has 3 heterocycles. The molecule has 0 radical (unpaired) electrons. The molecule has 0 spiro atoms. The molecular weight excluding hydrogens is 469 g/mol. The number of nitrogens with zero attached hydrogens (tertiary/aromatic N) is 4. The summed E-state index contributed by atoms with van der Waals surface area (Å²) >= 11 is 0. The Kier molecular flexibility index (Phi) is 10.8. The predicted molar refractivity (Wildman–Crippen MR) is 125 cm³/mol. The highest BCUT2D eigenvalue weighted by molar-refractivity contribution is 14.0. The zero-order valence-electron chi connectivity index (χ0n) is 17.9. The van der Waals surface area contributed by atoms with E-state index in [0.29, 0.717) is 12.1 Å².